The number of carboxylic acids is 1. The maximum Gasteiger partial charge on any atom is 0.307 e. The predicted molar refractivity (Wildman–Crippen MR) is 71.2 cm³/mol. The van der Waals surface area contributed by atoms with Gasteiger partial charge in [-0.2, -0.15) is 0 Å². The molecule has 2 fully saturated rings. The van der Waals surface area contributed by atoms with Crippen molar-refractivity contribution in [2.45, 2.75) is 48.5 Å². The van der Waals surface area contributed by atoms with Crippen LogP contribution in [0.15, 0.2) is 0 Å². The molecule has 0 radical (unpaired) electrons. The number of Topliss-reactive ketones (excluding diaryl/α,β-unsaturated/α-hetero) is 1. The van der Waals surface area contributed by atoms with Gasteiger partial charge in [-0.05, 0) is 17.3 Å². The molecule has 2 rings (SSSR count). The first-order chi connectivity index (χ1) is 7.95. The number of carbonyl (C=O) groups excluding carboxylic acids is 1. The van der Waals surface area contributed by atoms with Crippen LogP contribution in [0.5, 0.6) is 0 Å². The molecule has 0 amide bonds. The summed E-state index contributed by atoms with van der Waals surface area (Å²) in [7, 11) is 0. The first kappa shape index (κ1) is 15.2. The summed E-state index contributed by atoms with van der Waals surface area (Å²) in [5.74, 6) is 0.917. The minimum absolute atomic E-state index is 0.0284. The maximum atomic E-state index is 11.1. The fourth-order valence-electron chi connectivity index (χ4n) is 2.99. The van der Waals surface area contributed by atoms with Crippen molar-refractivity contribution in [2.75, 3.05) is 0 Å². The van der Waals surface area contributed by atoms with Crippen molar-refractivity contribution in [2.24, 2.45) is 34.5 Å². The zero-order chi connectivity index (χ0) is 14.5. The number of rotatable bonds is 1. The summed E-state index contributed by atoms with van der Waals surface area (Å²) in [4.78, 5) is 21.5. The summed E-state index contributed by atoms with van der Waals surface area (Å²) in [5.41, 5.74) is 0.0191. The number of hydrogen-bond donors (Lipinski definition) is 1. The minimum atomic E-state index is -0.646. The van der Waals surface area contributed by atoms with Crippen molar-refractivity contribution in [3.8, 4) is 0 Å². The monoisotopic (exact) mass is 254 g/mol. The van der Waals surface area contributed by atoms with Crippen molar-refractivity contribution in [1.82, 2.24) is 0 Å². The van der Waals surface area contributed by atoms with Crippen LogP contribution in [0.25, 0.3) is 0 Å². The van der Waals surface area contributed by atoms with Crippen LogP contribution in [0.1, 0.15) is 48.5 Å². The minimum Gasteiger partial charge on any atom is -0.481 e. The van der Waals surface area contributed by atoms with Crippen LogP contribution in [0, 0.1) is 34.5 Å². The number of hydrogen-bond acceptors (Lipinski definition) is 2. The molecule has 3 heteroatoms. The molecule has 4 unspecified atom stereocenters. The van der Waals surface area contributed by atoms with E-state index in [0.717, 1.165) is 0 Å². The lowest BCUT2D eigenvalue weighted by Gasteiger charge is -2.46. The summed E-state index contributed by atoms with van der Waals surface area (Å²) in [5, 5.41) is 8.56. The van der Waals surface area contributed by atoms with E-state index >= 15 is 0 Å². The van der Waals surface area contributed by atoms with Gasteiger partial charge in [0, 0.05) is 11.3 Å². The molecule has 18 heavy (non-hydrogen) atoms. The average Bonchev–Trinajstić information content (AvgIpc) is 2.76. The number of aliphatic carboxylic acids is 1. The van der Waals surface area contributed by atoms with Gasteiger partial charge in [0.1, 0.15) is 5.78 Å². The third-order valence-corrected chi connectivity index (χ3v) is 5.57. The van der Waals surface area contributed by atoms with Crippen LogP contribution in [-0.4, -0.2) is 16.9 Å². The molecule has 0 heterocycles. The van der Waals surface area contributed by atoms with Crippen LogP contribution >= 0.6 is 0 Å². The maximum absolute atomic E-state index is 11.1. The van der Waals surface area contributed by atoms with E-state index in [2.05, 4.69) is 6.92 Å². The molecule has 0 bridgehead atoms. The van der Waals surface area contributed by atoms with E-state index in [9.17, 15) is 9.59 Å². The van der Waals surface area contributed by atoms with Gasteiger partial charge in [0.25, 0.3) is 0 Å². The summed E-state index contributed by atoms with van der Waals surface area (Å²) in [6.45, 7) is 14.2. The Morgan fingerprint density at radius 1 is 1.06 bits per heavy atom. The highest BCUT2D eigenvalue weighted by atomic mass is 16.4. The van der Waals surface area contributed by atoms with Gasteiger partial charge in [-0.25, -0.2) is 0 Å². The quantitative estimate of drug-likeness (QED) is 0.781. The van der Waals surface area contributed by atoms with E-state index in [1.165, 1.54) is 0 Å². The number of carbonyl (C=O) groups is 2. The lowest BCUT2D eigenvalue weighted by Crippen LogP contribution is -2.51. The van der Waals surface area contributed by atoms with Crippen LogP contribution in [0.4, 0.5) is 0 Å². The molecule has 0 aromatic rings. The van der Waals surface area contributed by atoms with Crippen LogP contribution in [0.3, 0.4) is 0 Å². The molecule has 0 aliphatic heterocycles. The second-order valence-corrected chi connectivity index (χ2v) is 7.09. The molecular formula is C15H26O3. The summed E-state index contributed by atoms with van der Waals surface area (Å²) >= 11 is 0. The Labute approximate surface area is 110 Å². The molecule has 4 atom stereocenters. The molecule has 0 aromatic carbocycles. The van der Waals surface area contributed by atoms with Crippen molar-refractivity contribution < 1.29 is 14.7 Å². The van der Waals surface area contributed by atoms with E-state index in [4.69, 9.17) is 5.11 Å². The van der Waals surface area contributed by atoms with E-state index in [1.807, 2.05) is 41.5 Å². The topological polar surface area (TPSA) is 54.4 Å². The molecule has 0 aromatic heterocycles. The van der Waals surface area contributed by atoms with Gasteiger partial charge in [-0.15, -0.1) is 0 Å². The second-order valence-electron chi connectivity index (χ2n) is 7.09. The Kier molecular flexibility index (Phi) is 3.68. The number of carboxylic acid groups (broad SMARTS) is 1. The highest BCUT2D eigenvalue weighted by molar-refractivity contribution is 5.92. The van der Waals surface area contributed by atoms with Crippen molar-refractivity contribution >= 4 is 11.8 Å². The molecule has 104 valence electrons. The molecule has 0 saturated heterocycles. The molecule has 3 nitrogen and oxygen atoms in total. The third-order valence-electron chi connectivity index (χ3n) is 5.57. The van der Waals surface area contributed by atoms with E-state index in [-0.39, 0.29) is 16.7 Å². The van der Waals surface area contributed by atoms with Crippen LogP contribution in [-0.2, 0) is 9.59 Å². The highest BCUT2D eigenvalue weighted by Crippen LogP contribution is 2.57. The smallest absolute Gasteiger partial charge is 0.307 e. The van der Waals surface area contributed by atoms with Crippen LogP contribution in [0.2, 0.25) is 0 Å². The Hall–Kier alpha value is -0.860. The van der Waals surface area contributed by atoms with Crippen molar-refractivity contribution in [1.29, 1.82) is 0 Å². The molecule has 2 aliphatic carbocycles. The molecular weight excluding hydrogens is 228 g/mol. The van der Waals surface area contributed by atoms with Gasteiger partial charge in [0.05, 0.1) is 5.92 Å². The second kappa shape index (κ2) is 4.36. The van der Waals surface area contributed by atoms with Gasteiger partial charge in [-0.1, -0.05) is 48.5 Å². The predicted octanol–water partition coefficient (Wildman–Crippen LogP) is 3.23. The first-order valence-electron chi connectivity index (χ1n) is 6.72. The lowest BCUT2D eigenvalue weighted by atomic mass is 9.56. The van der Waals surface area contributed by atoms with E-state index < -0.39 is 5.97 Å². The Morgan fingerprint density at radius 3 is 1.50 bits per heavy atom. The third kappa shape index (κ3) is 2.19. The molecule has 0 spiro atoms. The molecule has 1 N–H and O–H groups in total. The number of ketones is 1. The van der Waals surface area contributed by atoms with Crippen molar-refractivity contribution in [3.63, 3.8) is 0 Å². The van der Waals surface area contributed by atoms with E-state index in [1.54, 1.807) is 0 Å². The Bertz CT molecular complexity index is 368. The Morgan fingerprint density at radius 2 is 1.44 bits per heavy atom. The van der Waals surface area contributed by atoms with Gasteiger partial charge >= 0.3 is 5.97 Å². The SMILES string of the molecule is CC1C(=O)C(C)(C)C1C.CC1C(C(=O)O)C1(C)C. The van der Waals surface area contributed by atoms with Crippen LogP contribution < -0.4 is 0 Å². The van der Waals surface area contributed by atoms with Crippen molar-refractivity contribution in [3.05, 3.63) is 0 Å². The standard InChI is InChI=1S/C8H14O.C7H12O2/c1-5-6(2)8(3,4)7(5)9;1-4-5(6(8)9)7(4,2)3/h5-6H,1-4H3;4-5H,1-3H3,(H,8,9). The zero-order valence-corrected chi connectivity index (χ0v) is 12.6. The molecule has 2 saturated carbocycles. The summed E-state index contributed by atoms with van der Waals surface area (Å²) < 4.78 is 0. The summed E-state index contributed by atoms with van der Waals surface area (Å²) in [6, 6.07) is 0. The summed E-state index contributed by atoms with van der Waals surface area (Å²) in [6.07, 6.45) is 0. The zero-order valence-electron chi connectivity index (χ0n) is 12.6. The van der Waals surface area contributed by atoms with Gasteiger partial charge in [-0.3, -0.25) is 9.59 Å². The van der Waals surface area contributed by atoms with Gasteiger partial charge in [0.2, 0.25) is 0 Å². The first-order valence-corrected chi connectivity index (χ1v) is 6.72. The molecule has 2 aliphatic rings. The lowest BCUT2D eigenvalue weighted by molar-refractivity contribution is -0.150. The normalized spacial score (nSPS) is 39.2. The van der Waals surface area contributed by atoms with Gasteiger partial charge < -0.3 is 5.11 Å². The van der Waals surface area contributed by atoms with Gasteiger partial charge in [0.15, 0.2) is 0 Å². The average molecular weight is 254 g/mol. The van der Waals surface area contributed by atoms with E-state index in [0.29, 0.717) is 23.5 Å². The fraction of sp³-hybridized carbons (Fsp3) is 0.867. The highest BCUT2D eigenvalue weighted by Gasteiger charge is 2.59. The fourth-order valence-corrected chi connectivity index (χ4v) is 2.99. The Balaban J connectivity index is 0.000000180. The largest absolute Gasteiger partial charge is 0.481 e.